The van der Waals surface area contributed by atoms with Gasteiger partial charge in [-0.3, -0.25) is 23.2 Å². The monoisotopic (exact) mass is 625 g/mol. The molecule has 230 valence electrons. The summed E-state index contributed by atoms with van der Waals surface area (Å²) in [5, 5.41) is 0.580. The van der Waals surface area contributed by atoms with Crippen molar-refractivity contribution >= 4 is 48.4 Å². The number of carbonyl (C=O) groups excluding carboxylic acids is 2. The van der Waals surface area contributed by atoms with Gasteiger partial charge in [0.05, 0.1) is 26.1 Å². The van der Waals surface area contributed by atoms with E-state index in [4.69, 9.17) is 33.7 Å². The third-order valence-electron chi connectivity index (χ3n) is 5.54. The minimum Gasteiger partial charge on any atom is -0.497 e. The van der Waals surface area contributed by atoms with E-state index in [0.717, 1.165) is 10.6 Å². The van der Waals surface area contributed by atoms with E-state index in [9.17, 15) is 14.2 Å². The number of aromatic nitrogens is 4. The van der Waals surface area contributed by atoms with E-state index in [1.165, 1.54) is 11.8 Å². The van der Waals surface area contributed by atoms with Gasteiger partial charge in [-0.1, -0.05) is 25.6 Å². The first-order chi connectivity index (χ1) is 20.2. The van der Waals surface area contributed by atoms with Crippen LogP contribution in [0.25, 0.3) is 11.2 Å². The maximum Gasteiger partial charge on any atom is 0.361 e. The van der Waals surface area contributed by atoms with E-state index in [1.807, 2.05) is 38.1 Å². The molecule has 3 rings (SSSR count). The summed E-state index contributed by atoms with van der Waals surface area (Å²) in [4.78, 5) is 37.4. The first kappa shape index (κ1) is 33.3. The maximum atomic E-state index is 13.3. The molecule has 0 aliphatic rings. The lowest BCUT2D eigenvalue weighted by molar-refractivity contribution is -0.152. The number of ether oxygens (including phenoxy) is 4. The average Bonchev–Trinajstić information content (AvgIpc) is 3.35. The van der Waals surface area contributed by atoms with Crippen LogP contribution in [0.5, 0.6) is 5.75 Å². The van der Waals surface area contributed by atoms with E-state index in [-0.39, 0.29) is 25.3 Å². The number of methoxy groups -OCH3 is 1. The molecule has 0 aliphatic carbocycles. The molecule has 3 aromatic rings. The molecule has 2 heterocycles. The highest BCUT2D eigenvalue weighted by Gasteiger charge is 2.28. The van der Waals surface area contributed by atoms with Crippen molar-refractivity contribution < 1.29 is 42.1 Å². The predicted molar refractivity (Wildman–Crippen MR) is 154 cm³/mol. The first-order valence-corrected chi connectivity index (χ1v) is 15.8. The van der Waals surface area contributed by atoms with Crippen LogP contribution in [0.2, 0.25) is 0 Å². The number of nitrogens with two attached hydrogens (primary N) is 1. The topological polar surface area (TPSA) is 176 Å². The van der Waals surface area contributed by atoms with E-state index >= 15 is 0 Å². The van der Waals surface area contributed by atoms with E-state index in [2.05, 4.69) is 15.0 Å². The number of rotatable bonds is 18. The highest BCUT2D eigenvalue weighted by Crippen LogP contribution is 2.48. The van der Waals surface area contributed by atoms with Gasteiger partial charge in [-0.25, -0.2) is 9.97 Å². The van der Waals surface area contributed by atoms with Crippen LogP contribution in [0.15, 0.2) is 40.5 Å². The smallest absolute Gasteiger partial charge is 0.361 e. The van der Waals surface area contributed by atoms with Gasteiger partial charge in [0.15, 0.2) is 5.65 Å². The standard InChI is InChI=1S/C26H36N5O9PS/c1-5-7-21(32)36-15-39-41(34,40-16-37-22(33)8-6-2)17-38-18(3)13-31-14-28-23-24(31)29-26(27)30-25(23)42-20-11-9-19(35-4)10-12-20/h9-12,14,18H,5-8,13,15-17H2,1-4H3,(H2,27,29,30). The van der Waals surface area contributed by atoms with Gasteiger partial charge in [-0.05, 0) is 44.0 Å². The fourth-order valence-corrected chi connectivity index (χ4v) is 5.41. The Balaban J connectivity index is 1.66. The van der Waals surface area contributed by atoms with Crippen LogP contribution in [0, 0.1) is 0 Å². The summed E-state index contributed by atoms with van der Waals surface area (Å²) >= 11 is 1.39. The lowest BCUT2D eigenvalue weighted by atomic mass is 10.3. The molecule has 2 N–H and O–H groups in total. The van der Waals surface area contributed by atoms with Crippen molar-refractivity contribution in [3.63, 3.8) is 0 Å². The summed E-state index contributed by atoms with van der Waals surface area (Å²) in [5.74, 6) is -0.202. The van der Waals surface area contributed by atoms with Crippen molar-refractivity contribution in [1.82, 2.24) is 19.5 Å². The van der Waals surface area contributed by atoms with Gasteiger partial charge in [0.25, 0.3) is 0 Å². The van der Waals surface area contributed by atoms with Gasteiger partial charge in [0, 0.05) is 17.7 Å². The second-order valence-corrected chi connectivity index (χ2v) is 12.0. The Hall–Kier alpha value is -3.23. The zero-order valence-corrected chi connectivity index (χ0v) is 25.7. The highest BCUT2D eigenvalue weighted by atomic mass is 32.2. The minimum absolute atomic E-state index is 0.0791. The summed E-state index contributed by atoms with van der Waals surface area (Å²) in [6.07, 6.45) is 2.11. The molecule has 0 spiro atoms. The molecule has 42 heavy (non-hydrogen) atoms. The second kappa shape index (κ2) is 16.4. The van der Waals surface area contributed by atoms with Crippen LogP contribution in [0.3, 0.4) is 0 Å². The fraction of sp³-hybridized carbons (Fsp3) is 0.500. The number of nitrogen functional groups attached to an aromatic ring is 1. The number of imidazole rings is 1. The van der Waals surface area contributed by atoms with Crippen molar-refractivity contribution in [1.29, 1.82) is 0 Å². The molecule has 0 saturated carbocycles. The van der Waals surface area contributed by atoms with Crippen LogP contribution < -0.4 is 10.5 Å². The number of hydrogen-bond donors (Lipinski definition) is 1. The summed E-state index contributed by atoms with van der Waals surface area (Å²) in [5.41, 5.74) is 7.05. The van der Waals surface area contributed by atoms with Crippen LogP contribution in [-0.4, -0.2) is 64.6 Å². The van der Waals surface area contributed by atoms with Crippen LogP contribution in [-0.2, 0) is 44.0 Å². The lowest BCUT2D eigenvalue weighted by Crippen LogP contribution is -2.19. The number of anilines is 1. The van der Waals surface area contributed by atoms with Crippen molar-refractivity contribution in [2.45, 2.75) is 69.0 Å². The summed E-state index contributed by atoms with van der Waals surface area (Å²) in [6.45, 7) is 4.44. The maximum absolute atomic E-state index is 13.3. The quantitative estimate of drug-likeness (QED) is 0.0886. The predicted octanol–water partition coefficient (Wildman–Crippen LogP) is 4.76. The lowest BCUT2D eigenvalue weighted by Gasteiger charge is -2.21. The van der Waals surface area contributed by atoms with Gasteiger partial charge < -0.3 is 29.2 Å². The Morgan fingerprint density at radius 1 is 1.02 bits per heavy atom. The molecule has 1 aromatic carbocycles. The molecular formula is C26H36N5O9PS. The summed E-state index contributed by atoms with van der Waals surface area (Å²) in [6, 6.07) is 7.49. The molecule has 0 amide bonds. The first-order valence-electron chi connectivity index (χ1n) is 13.3. The normalized spacial score (nSPS) is 12.3. The van der Waals surface area contributed by atoms with E-state index in [1.54, 1.807) is 24.9 Å². The van der Waals surface area contributed by atoms with E-state index < -0.39 is 45.6 Å². The number of esters is 2. The van der Waals surface area contributed by atoms with Gasteiger partial charge >= 0.3 is 19.5 Å². The van der Waals surface area contributed by atoms with E-state index in [0.29, 0.717) is 29.0 Å². The van der Waals surface area contributed by atoms with Gasteiger partial charge in [0.1, 0.15) is 22.6 Å². The Morgan fingerprint density at radius 3 is 2.21 bits per heavy atom. The molecule has 14 nitrogen and oxygen atoms in total. The van der Waals surface area contributed by atoms with Gasteiger partial charge in [-0.15, -0.1) is 0 Å². The SMILES string of the molecule is CCCC(=O)OCOP(=O)(COC(C)Cn1cnc2c(Sc3ccc(OC)cc3)nc(N)nc21)OCOC(=O)CCC. The molecule has 2 aromatic heterocycles. The summed E-state index contributed by atoms with van der Waals surface area (Å²) in [7, 11) is -2.38. The molecule has 0 radical (unpaired) electrons. The van der Waals surface area contributed by atoms with Crippen LogP contribution in [0.1, 0.15) is 46.5 Å². The Bertz CT molecular complexity index is 1340. The average molecular weight is 626 g/mol. The number of nitrogens with zero attached hydrogens (tertiary/aromatic N) is 4. The Morgan fingerprint density at radius 2 is 1.64 bits per heavy atom. The van der Waals surface area contributed by atoms with Gasteiger partial charge in [0.2, 0.25) is 19.5 Å². The minimum atomic E-state index is -3.98. The van der Waals surface area contributed by atoms with Crippen molar-refractivity contribution in [3.8, 4) is 5.75 Å². The zero-order valence-electron chi connectivity index (χ0n) is 24.0. The molecular weight excluding hydrogens is 589 g/mol. The molecule has 1 unspecified atom stereocenters. The number of benzene rings is 1. The number of hydrogen-bond acceptors (Lipinski definition) is 14. The molecule has 0 fully saturated rings. The second-order valence-electron chi connectivity index (χ2n) is 8.98. The van der Waals surface area contributed by atoms with Crippen molar-refractivity contribution in [3.05, 3.63) is 30.6 Å². The molecule has 16 heteroatoms. The van der Waals surface area contributed by atoms with Gasteiger partial charge in [-0.2, -0.15) is 4.98 Å². The largest absolute Gasteiger partial charge is 0.497 e. The Kier molecular flexibility index (Phi) is 13.0. The fourth-order valence-electron chi connectivity index (χ4n) is 3.45. The third-order valence-corrected chi connectivity index (χ3v) is 7.99. The molecule has 0 aliphatic heterocycles. The van der Waals surface area contributed by atoms with Crippen molar-refractivity contribution in [2.75, 3.05) is 32.8 Å². The molecule has 0 saturated heterocycles. The number of fused-ring (bicyclic) bond motifs is 1. The highest BCUT2D eigenvalue weighted by molar-refractivity contribution is 7.99. The third kappa shape index (κ3) is 10.2. The summed E-state index contributed by atoms with van der Waals surface area (Å²) < 4.78 is 46.4. The number of carbonyl (C=O) groups is 2. The van der Waals surface area contributed by atoms with Crippen molar-refractivity contribution in [2.24, 2.45) is 0 Å². The molecule has 1 atom stereocenters. The zero-order chi connectivity index (χ0) is 30.5. The molecule has 0 bridgehead atoms. The van der Waals surface area contributed by atoms with Crippen LogP contribution >= 0.6 is 19.4 Å². The van der Waals surface area contributed by atoms with Crippen LogP contribution in [0.4, 0.5) is 5.95 Å². The Labute approximate surface area is 248 Å².